The number of benzene rings is 1. The summed E-state index contributed by atoms with van der Waals surface area (Å²) in [7, 11) is 0. The van der Waals surface area contributed by atoms with E-state index in [4.69, 9.17) is 11.6 Å². The molecule has 0 aliphatic heterocycles. The molecule has 2 rings (SSSR count). The van der Waals surface area contributed by atoms with Gasteiger partial charge in [-0.25, -0.2) is 9.97 Å². The van der Waals surface area contributed by atoms with E-state index in [2.05, 4.69) is 20.6 Å². The summed E-state index contributed by atoms with van der Waals surface area (Å²) < 4.78 is 0. The summed E-state index contributed by atoms with van der Waals surface area (Å²) in [5, 5.41) is 6.14. The Morgan fingerprint density at radius 2 is 1.85 bits per heavy atom. The van der Waals surface area contributed by atoms with Gasteiger partial charge in [0.15, 0.2) is 11.0 Å². The Bertz CT molecular complexity index is 586. The lowest BCUT2D eigenvalue weighted by atomic mass is 10.1. The summed E-state index contributed by atoms with van der Waals surface area (Å²) in [5.41, 5.74) is 1.77. The molecule has 1 heterocycles. The average Bonchev–Trinajstić information content (AvgIpc) is 2.46. The maximum atomic E-state index is 11.8. The lowest BCUT2D eigenvalue weighted by Crippen LogP contribution is -2.28. The number of rotatable bonds is 5. The molecule has 1 amide bonds. The van der Waals surface area contributed by atoms with Crippen LogP contribution in [-0.4, -0.2) is 29.0 Å². The molecule has 2 aromatic rings. The molecule has 0 saturated carbocycles. The van der Waals surface area contributed by atoms with Crippen molar-refractivity contribution in [2.45, 2.75) is 6.92 Å². The number of halogens is 1. The van der Waals surface area contributed by atoms with Gasteiger partial charge in [-0.1, -0.05) is 29.3 Å². The minimum absolute atomic E-state index is 0.1000. The van der Waals surface area contributed by atoms with E-state index in [0.717, 1.165) is 5.56 Å². The van der Waals surface area contributed by atoms with Crippen LogP contribution in [0.25, 0.3) is 0 Å². The number of amides is 1. The molecule has 0 bridgehead atoms. The fraction of sp³-hybridized carbons (Fsp3) is 0.214. The Labute approximate surface area is 122 Å². The van der Waals surface area contributed by atoms with Gasteiger partial charge in [-0.15, -0.1) is 0 Å². The van der Waals surface area contributed by atoms with Crippen molar-refractivity contribution in [1.82, 2.24) is 15.3 Å². The van der Waals surface area contributed by atoms with E-state index in [0.29, 0.717) is 29.6 Å². The van der Waals surface area contributed by atoms with Crippen molar-refractivity contribution in [3.63, 3.8) is 0 Å². The maximum absolute atomic E-state index is 11.8. The average molecular weight is 291 g/mol. The Kier molecular flexibility index (Phi) is 4.90. The molecule has 0 spiro atoms. The molecule has 5 nitrogen and oxygen atoms in total. The second-order valence-corrected chi connectivity index (χ2v) is 4.60. The topological polar surface area (TPSA) is 66.9 Å². The van der Waals surface area contributed by atoms with E-state index >= 15 is 0 Å². The number of nitrogens with one attached hydrogen (secondary N) is 2. The van der Waals surface area contributed by atoms with E-state index in [9.17, 15) is 4.79 Å². The zero-order valence-corrected chi connectivity index (χ0v) is 11.8. The van der Waals surface area contributed by atoms with Crippen LogP contribution in [0.15, 0.2) is 36.7 Å². The SMILES string of the molecule is Cc1ccc(C(=O)NCCNc2nccnc2Cl)cc1. The molecule has 6 heteroatoms. The number of carbonyl (C=O) groups is 1. The number of aromatic nitrogens is 2. The number of anilines is 1. The molecule has 2 N–H and O–H groups in total. The van der Waals surface area contributed by atoms with Gasteiger partial charge in [0.2, 0.25) is 0 Å². The Morgan fingerprint density at radius 1 is 1.15 bits per heavy atom. The first-order chi connectivity index (χ1) is 9.66. The standard InChI is InChI=1S/C14H15ClN4O/c1-10-2-4-11(5-3-10)14(20)19-9-8-18-13-12(15)16-6-7-17-13/h2-7H,8-9H2,1H3,(H,17,18)(H,19,20). The fourth-order valence-electron chi connectivity index (χ4n) is 1.60. The lowest BCUT2D eigenvalue weighted by molar-refractivity contribution is 0.0955. The second kappa shape index (κ2) is 6.86. The summed E-state index contributed by atoms with van der Waals surface area (Å²) in [6.07, 6.45) is 3.08. The van der Waals surface area contributed by atoms with Crippen molar-refractivity contribution in [2.24, 2.45) is 0 Å². The predicted octanol–water partition coefficient (Wildman–Crippen LogP) is 2.28. The highest BCUT2D eigenvalue weighted by molar-refractivity contribution is 6.31. The molecule has 0 radical (unpaired) electrons. The van der Waals surface area contributed by atoms with Crippen LogP contribution >= 0.6 is 11.6 Å². The van der Waals surface area contributed by atoms with Crippen molar-refractivity contribution in [3.05, 3.63) is 52.9 Å². The molecule has 1 aromatic heterocycles. The minimum Gasteiger partial charge on any atom is -0.366 e. The highest BCUT2D eigenvalue weighted by atomic mass is 35.5. The molecule has 104 valence electrons. The third-order valence-corrected chi connectivity index (χ3v) is 2.95. The van der Waals surface area contributed by atoms with Crippen LogP contribution in [0.1, 0.15) is 15.9 Å². The van der Waals surface area contributed by atoms with Gasteiger partial charge in [0.1, 0.15) is 0 Å². The van der Waals surface area contributed by atoms with Crippen molar-refractivity contribution < 1.29 is 4.79 Å². The van der Waals surface area contributed by atoms with Crippen LogP contribution in [0.3, 0.4) is 0 Å². The summed E-state index contributed by atoms with van der Waals surface area (Å²) in [4.78, 5) is 19.8. The molecule has 1 aromatic carbocycles. The molecule has 20 heavy (non-hydrogen) atoms. The third-order valence-electron chi connectivity index (χ3n) is 2.67. The molecule has 0 atom stereocenters. The van der Waals surface area contributed by atoms with Gasteiger partial charge in [0.25, 0.3) is 5.91 Å². The molecular formula is C14H15ClN4O. The number of nitrogens with zero attached hydrogens (tertiary/aromatic N) is 2. The summed E-state index contributed by atoms with van der Waals surface area (Å²) in [5.74, 6) is 0.413. The first kappa shape index (κ1) is 14.3. The third kappa shape index (κ3) is 3.93. The van der Waals surface area contributed by atoms with Crippen LogP contribution in [-0.2, 0) is 0 Å². The number of hydrogen-bond acceptors (Lipinski definition) is 4. The van der Waals surface area contributed by atoms with Gasteiger partial charge < -0.3 is 10.6 Å². The molecule has 0 aliphatic rings. The smallest absolute Gasteiger partial charge is 0.251 e. The minimum atomic E-state index is -0.1000. The number of aryl methyl sites for hydroxylation is 1. The first-order valence-corrected chi connectivity index (χ1v) is 6.60. The normalized spacial score (nSPS) is 10.1. The molecule has 0 unspecified atom stereocenters. The number of carbonyl (C=O) groups excluding carboxylic acids is 1. The van der Waals surface area contributed by atoms with Gasteiger partial charge in [-0.05, 0) is 19.1 Å². The summed E-state index contributed by atoms with van der Waals surface area (Å²) in [6, 6.07) is 7.42. The molecular weight excluding hydrogens is 276 g/mol. The monoisotopic (exact) mass is 290 g/mol. The highest BCUT2D eigenvalue weighted by Gasteiger charge is 2.04. The Hall–Kier alpha value is -2.14. The van der Waals surface area contributed by atoms with Crippen LogP contribution in [0.5, 0.6) is 0 Å². The van der Waals surface area contributed by atoms with Gasteiger partial charge >= 0.3 is 0 Å². The Morgan fingerprint density at radius 3 is 2.55 bits per heavy atom. The van der Waals surface area contributed by atoms with Crippen LogP contribution in [0, 0.1) is 6.92 Å². The Balaban J connectivity index is 1.77. The van der Waals surface area contributed by atoms with E-state index in [1.807, 2.05) is 19.1 Å². The van der Waals surface area contributed by atoms with Gasteiger partial charge in [-0.3, -0.25) is 4.79 Å². The largest absolute Gasteiger partial charge is 0.366 e. The quantitative estimate of drug-likeness (QED) is 0.829. The lowest BCUT2D eigenvalue weighted by Gasteiger charge is -2.08. The van der Waals surface area contributed by atoms with Crippen LogP contribution in [0.4, 0.5) is 5.82 Å². The van der Waals surface area contributed by atoms with Crippen molar-refractivity contribution >= 4 is 23.3 Å². The fourth-order valence-corrected chi connectivity index (χ4v) is 1.78. The molecule has 0 saturated heterocycles. The maximum Gasteiger partial charge on any atom is 0.251 e. The van der Waals surface area contributed by atoms with Crippen LogP contribution in [0.2, 0.25) is 5.15 Å². The summed E-state index contributed by atoms with van der Waals surface area (Å²) in [6.45, 7) is 2.98. The van der Waals surface area contributed by atoms with E-state index in [1.165, 1.54) is 6.20 Å². The van der Waals surface area contributed by atoms with Crippen molar-refractivity contribution in [2.75, 3.05) is 18.4 Å². The zero-order chi connectivity index (χ0) is 14.4. The summed E-state index contributed by atoms with van der Waals surface area (Å²) >= 11 is 5.85. The van der Waals surface area contributed by atoms with Gasteiger partial charge in [-0.2, -0.15) is 0 Å². The van der Waals surface area contributed by atoms with E-state index in [-0.39, 0.29) is 5.91 Å². The second-order valence-electron chi connectivity index (χ2n) is 4.24. The highest BCUT2D eigenvalue weighted by Crippen LogP contribution is 2.13. The van der Waals surface area contributed by atoms with E-state index < -0.39 is 0 Å². The zero-order valence-electron chi connectivity index (χ0n) is 11.1. The predicted molar refractivity (Wildman–Crippen MR) is 79.0 cm³/mol. The van der Waals surface area contributed by atoms with Gasteiger partial charge in [0.05, 0.1) is 0 Å². The molecule has 0 fully saturated rings. The first-order valence-electron chi connectivity index (χ1n) is 6.22. The van der Waals surface area contributed by atoms with E-state index in [1.54, 1.807) is 18.3 Å². The van der Waals surface area contributed by atoms with Crippen LogP contribution < -0.4 is 10.6 Å². The molecule has 0 aliphatic carbocycles. The van der Waals surface area contributed by atoms with Gasteiger partial charge in [0, 0.05) is 31.0 Å². The number of hydrogen-bond donors (Lipinski definition) is 2. The van der Waals surface area contributed by atoms with Crippen molar-refractivity contribution in [3.8, 4) is 0 Å². The van der Waals surface area contributed by atoms with Crippen molar-refractivity contribution in [1.29, 1.82) is 0 Å².